The van der Waals surface area contributed by atoms with Gasteiger partial charge in [-0.25, -0.2) is 4.39 Å². The lowest BCUT2D eigenvalue weighted by Gasteiger charge is -2.36. The maximum Gasteiger partial charge on any atom is 0.251 e. The third-order valence-corrected chi connectivity index (χ3v) is 10.0. The van der Waals surface area contributed by atoms with Crippen molar-refractivity contribution in [1.29, 1.82) is 5.26 Å². The van der Waals surface area contributed by atoms with Gasteiger partial charge in [0.25, 0.3) is 5.91 Å². The number of carbonyl (C=O) groups excluding carboxylic acids is 1. The molecular formula is C39H51FN6O3S. The fourth-order valence-corrected chi connectivity index (χ4v) is 7.11. The SMILES string of the molecule is CSCCN1c2cc(C(=O)NCC(C)(C)OC(C)(C)CN)ccc2NC1CN1CCC(c2cccc(OCc3ccc(C#N)cc3F)c2)CC1. The van der Waals surface area contributed by atoms with Crippen LogP contribution in [0.1, 0.15) is 73.5 Å². The van der Waals surface area contributed by atoms with E-state index in [1.807, 2.05) is 75.9 Å². The number of hydrogen-bond acceptors (Lipinski definition) is 9. The van der Waals surface area contributed by atoms with Crippen LogP contribution in [0.2, 0.25) is 0 Å². The summed E-state index contributed by atoms with van der Waals surface area (Å²) in [5.41, 5.74) is 9.50. The van der Waals surface area contributed by atoms with Crippen molar-refractivity contribution in [3.63, 3.8) is 0 Å². The Morgan fingerprint density at radius 2 is 1.88 bits per heavy atom. The van der Waals surface area contributed by atoms with Crippen LogP contribution >= 0.6 is 11.8 Å². The molecule has 5 rings (SSSR count). The molecule has 9 nitrogen and oxygen atoms in total. The molecule has 3 aromatic carbocycles. The molecule has 1 fully saturated rings. The maximum atomic E-state index is 14.4. The van der Waals surface area contributed by atoms with Crippen LogP contribution in [-0.4, -0.2) is 79.5 Å². The van der Waals surface area contributed by atoms with Crippen LogP contribution in [0.3, 0.4) is 0 Å². The van der Waals surface area contributed by atoms with Gasteiger partial charge in [-0.1, -0.05) is 18.2 Å². The first kappa shape index (κ1) is 37.4. The summed E-state index contributed by atoms with van der Waals surface area (Å²) in [6.45, 7) is 12.4. The lowest BCUT2D eigenvalue weighted by atomic mass is 9.89. The molecule has 0 aromatic heterocycles. The molecule has 0 aliphatic carbocycles. The normalized spacial score (nSPS) is 16.8. The van der Waals surface area contributed by atoms with Gasteiger partial charge in [0.2, 0.25) is 0 Å². The minimum atomic E-state index is -0.565. The van der Waals surface area contributed by atoms with Crippen LogP contribution in [0.15, 0.2) is 60.7 Å². The minimum absolute atomic E-state index is 0.107. The molecule has 1 saturated heterocycles. The monoisotopic (exact) mass is 702 g/mol. The second-order valence-corrected chi connectivity index (χ2v) is 15.4. The van der Waals surface area contributed by atoms with Gasteiger partial charge >= 0.3 is 0 Å². The van der Waals surface area contributed by atoms with Gasteiger partial charge in [-0.05, 0) is 114 Å². The van der Waals surface area contributed by atoms with Crippen LogP contribution < -0.4 is 26.0 Å². The molecular weight excluding hydrogens is 652 g/mol. The number of hydrogen-bond donors (Lipinski definition) is 3. The van der Waals surface area contributed by atoms with Gasteiger partial charge in [0, 0.05) is 43.1 Å². The number of fused-ring (bicyclic) bond motifs is 1. The highest BCUT2D eigenvalue weighted by atomic mass is 32.2. The van der Waals surface area contributed by atoms with Crippen LogP contribution in [0.25, 0.3) is 0 Å². The summed E-state index contributed by atoms with van der Waals surface area (Å²) in [4.78, 5) is 18.2. The molecule has 1 atom stereocenters. The van der Waals surface area contributed by atoms with Gasteiger partial charge in [0.15, 0.2) is 0 Å². The lowest BCUT2D eigenvalue weighted by molar-refractivity contribution is -0.114. The summed E-state index contributed by atoms with van der Waals surface area (Å²) in [5, 5.41) is 15.8. The van der Waals surface area contributed by atoms with Gasteiger partial charge in [-0.3, -0.25) is 9.69 Å². The molecule has 0 saturated carbocycles. The van der Waals surface area contributed by atoms with Crippen molar-refractivity contribution in [1.82, 2.24) is 10.2 Å². The van der Waals surface area contributed by atoms with E-state index in [0.29, 0.717) is 41.4 Å². The number of nitrogens with zero attached hydrogens (tertiary/aromatic N) is 3. The number of likely N-dealkylation sites (tertiary alicyclic amines) is 1. The van der Waals surface area contributed by atoms with E-state index in [2.05, 4.69) is 38.8 Å². The number of nitrogens with one attached hydrogen (secondary N) is 2. The van der Waals surface area contributed by atoms with Gasteiger partial charge in [-0.2, -0.15) is 17.0 Å². The molecule has 4 N–H and O–H groups in total. The molecule has 2 heterocycles. The Hall–Kier alpha value is -3.82. The number of rotatable bonds is 15. The molecule has 11 heteroatoms. The first-order valence-corrected chi connectivity index (χ1v) is 18.8. The second kappa shape index (κ2) is 16.5. The van der Waals surface area contributed by atoms with E-state index in [9.17, 15) is 9.18 Å². The number of halogens is 1. The average molecular weight is 703 g/mol. The Labute approximate surface area is 300 Å². The zero-order valence-corrected chi connectivity index (χ0v) is 30.7. The standard InChI is InChI=1S/C39H51FN6O3S/c1-38(2,25-42)49-39(3,4)26-43-37(47)30-11-12-34-35(21-30)46(17-18-50-5)36(44-34)23-45-15-13-28(14-16-45)29-7-6-8-32(20-29)48-24-31-10-9-27(22-41)19-33(31)40/h6-12,19-21,28,36,44H,13-18,23-26,42H2,1-5H3,(H,43,47). The summed E-state index contributed by atoms with van der Waals surface area (Å²) in [6, 6.07) is 20.5. The Morgan fingerprint density at radius 3 is 2.58 bits per heavy atom. The molecule has 1 amide bonds. The van der Waals surface area contributed by atoms with E-state index in [0.717, 1.165) is 56.1 Å². The number of nitrogens with two attached hydrogens (primary N) is 1. The molecule has 1 unspecified atom stereocenters. The van der Waals surface area contributed by atoms with Crippen molar-refractivity contribution in [3.05, 3.63) is 88.7 Å². The van der Waals surface area contributed by atoms with Crippen LogP contribution in [0, 0.1) is 17.1 Å². The van der Waals surface area contributed by atoms with Crippen LogP contribution in [-0.2, 0) is 11.3 Å². The summed E-state index contributed by atoms with van der Waals surface area (Å²) in [5.74, 6) is 1.56. The highest BCUT2D eigenvalue weighted by Crippen LogP contribution is 2.37. The van der Waals surface area contributed by atoms with Crippen molar-refractivity contribution >= 4 is 29.0 Å². The fraction of sp³-hybridized carbons (Fsp3) is 0.487. The number of benzene rings is 3. The molecule has 268 valence electrons. The van der Waals surface area contributed by atoms with Gasteiger partial charge in [0.1, 0.15) is 24.3 Å². The van der Waals surface area contributed by atoms with E-state index in [4.69, 9.17) is 20.5 Å². The molecule has 50 heavy (non-hydrogen) atoms. The highest BCUT2D eigenvalue weighted by Gasteiger charge is 2.33. The lowest BCUT2D eigenvalue weighted by Crippen LogP contribution is -2.48. The molecule has 0 spiro atoms. The minimum Gasteiger partial charge on any atom is -0.489 e. The molecule has 3 aromatic rings. The summed E-state index contributed by atoms with van der Waals surface area (Å²) >= 11 is 1.82. The fourth-order valence-electron chi connectivity index (χ4n) is 6.74. The number of carbonyl (C=O) groups is 1. The van der Waals surface area contributed by atoms with Crippen molar-refractivity contribution in [3.8, 4) is 11.8 Å². The average Bonchev–Trinajstić information content (AvgIpc) is 3.44. The third kappa shape index (κ3) is 9.69. The Balaban J connectivity index is 1.16. The maximum absolute atomic E-state index is 14.4. The molecule has 2 aliphatic heterocycles. The Bertz CT molecular complexity index is 1670. The second-order valence-electron chi connectivity index (χ2n) is 14.4. The number of thioether (sulfide) groups is 1. The number of piperidine rings is 1. The van der Waals surface area contributed by atoms with Gasteiger partial charge < -0.3 is 30.7 Å². The first-order valence-electron chi connectivity index (χ1n) is 17.4. The number of ether oxygens (including phenoxy) is 2. The van der Waals surface area contributed by atoms with Crippen molar-refractivity contribution < 1.29 is 18.7 Å². The summed E-state index contributed by atoms with van der Waals surface area (Å²) in [6.07, 6.45) is 4.29. The molecule has 0 radical (unpaired) electrons. The number of amides is 1. The van der Waals surface area contributed by atoms with Gasteiger partial charge in [-0.15, -0.1) is 0 Å². The van der Waals surface area contributed by atoms with Gasteiger partial charge in [0.05, 0.1) is 34.2 Å². The quantitative estimate of drug-likeness (QED) is 0.167. The van der Waals surface area contributed by atoms with E-state index < -0.39 is 17.0 Å². The number of nitriles is 1. The predicted molar refractivity (Wildman–Crippen MR) is 201 cm³/mol. The first-order chi connectivity index (χ1) is 23.9. The van der Waals surface area contributed by atoms with Crippen LogP contribution in [0.4, 0.5) is 15.8 Å². The van der Waals surface area contributed by atoms with E-state index >= 15 is 0 Å². The summed E-state index contributed by atoms with van der Waals surface area (Å²) < 4.78 is 26.5. The zero-order valence-electron chi connectivity index (χ0n) is 29.9. The van der Waals surface area contributed by atoms with Crippen molar-refractivity contribution in [2.24, 2.45) is 5.73 Å². The third-order valence-electron chi connectivity index (χ3n) is 9.45. The van der Waals surface area contributed by atoms with Crippen LogP contribution in [0.5, 0.6) is 5.75 Å². The van der Waals surface area contributed by atoms with E-state index in [1.54, 1.807) is 12.1 Å². The Kier molecular flexibility index (Phi) is 12.3. The van der Waals surface area contributed by atoms with E-state index in [1.165, 1.54) is 11.6 Å². The topological polar surface area (TPSA) is 116 Å². The van der Waals surface area contributed by atoms with E-state index in [-0.39, 0.29) is 18.7 Å². The smallest absolute Gasteiger partial charge is 0.251 e. The largest absolute Gasteiger partial charge is 0.489 e. The molecule has 0 bridgehead atoms. The predicted octanol–water partition coefficient (Wildman–Crippen LogP) is 6.34. The number of anilines is 2. The Morgan fingerprint density at radius 1 is 1.10 bits per heavy atom. The highest BCUT2D eigenvalue weighted by molar-refractivity contribution is 7.98. The molecule has 2 aliphatic rings. The van der Waals surface area contributed by atoms with Crippen molar-refractivity contribution in [2.75, 3.05) is 61.5 Å². The van der Waals surface area contributed by atoms with Crippen molar-refractivity contribution in [2.45, 2.75) is 70.4 Å². The zero-order chi connectivity index (χ0) is 35.9. The summed E-state index contributed by atoms with van der Waals surface area (Å²) in [7, 11) is 0.